The number of hydrogen-bond acceptors (Lipinski definition) is 5. The normalized spacial score (nSPS) is 10.8. The zero-order chi connectivity index (χ0) is 13.1. The van der Waals surface area contributed by atoms with Gasteiger partial charge in [-0.2, -0.15) is 16.7 Å². The molecule has 1 aromatic carbocycles. The molecule has 0 radical (unpaired) electrons. The molecule has 0 saturated heterocycles. The van der Waals surface area contributed by atoms with E-state index in [1.54, 1.807) is 11.8 Å². The van der Waals surface area contributed by atoms with Gasteiger partial charge in [0.25, 0.3) is 5.89 Å². The Bertz CT molecular complexity index is 551. The summed E-state index contributed by atoms with van der Waals surface area (Å²) in [7, 11) is 0. The summed E-state index contributed by atoms with van der Waals surface area (Å²) < 4.78 is 5.31. The molecule has 0 aliphatic rings. The van der Waals surface area contributed by atoms with Crippen LogP contribution in [0.15, 0.2) is 16.7 Å². The van der Waals surface area contributed by atoms with Gasteiger partial charge < -0.3 is 10.3 Å². The fourth-order valence-corrected chi connectivity index (χ4v) is 2.23. The smallest absolute Gasteiger partial charge is 0.258 e. The van der Waals surface area contributed by atoms with Crippen LogP contribution in [0.25, 0.3) is 11.5 Å². The molecule has 1 aromatic heterocycles. The fraction of sp³-hybridized carbons (Fsp3) is 0.385. The lowest BCUT2D eigenvalue weighted by molar-refractivity contribution is 0.425. The predicted octanol–water partition coefficient (Wildman–Crippen LogP) is 3.19. The molecule has 2 aromatic rings. The van der Waals surface area contributed by atoms with Crippen molar-refractivity contribution in [3.63, 3.8) is 0 Å². The van der Waals surface area contributed by atoms with Gasteiger partial charge in [-0.3, -0.25) is 0 Å². The maximum absolute atomic E-state index is 5.86. The van der Waals surface area contributed by atoms with E-state index in [1.165, 1.54) is 0 Å². The van der Waals surface area contributed by atoms with E-state index in [9.17, 15) is 0 Å². The second kappa shape index (κ2) is 5.44. The summed E-state index contributed by atoms with van der Waals surface area (Å²) in [6, 6.07) is 3.83. The van der Waals surface area contributed by atoms with Crippen LogP contribution in [0, 0.1) is 13.8 Å². The number of benzene rings is 1. The van der Waals surface area contributed by atoms with Crippen LogP contribution in [0.5, 0.6) is 0 Å². The maximum atomic E-state index is 5.86. The molecule has 0 bridgehead atoms. The van der Waals surface area contributed by atoms with Gasteiger partial charge in [0.15, 0.2) is 5.82 Å². The quantitative estimate of drug-likeness (QED) is 0.858. The zero-order valence-corrected chi connectivity index (χ0v) is 11.7. The minimum atomic E-state index is 0.551. The molecule has 0 spiro atoms. The first-order valence-corrected chi connectivity index (χ1v) is 7.04. The molecule has 96 valence electrons. The van der Waals surface area contributed by atoms with Crippen molar-refractivity contribution in [2.45, 2.75) is 26.5 Å². The Morgan fingerprint density at radius 1 is 1.33 bits per heavy atom. The van der Waals surface area contributed by atoms with Crippen LogP contribution in [-0.4, -0.2) is 15.9 Å². The summed E-state index contributed by atoms with van der Waals surface area (Å²) in [5, 5.41) is 3.98. The van der Waals surface area contributed by atoms with E-state index in [2.05, 4.69) is 17.1 Å². The summed E-state index contributed by atoms with van der Waals surface area (Å²) in [5.41, 5.74) is 9.76. The highest BCUT2D eigenvalue weighted by Gasteiger charge is 2.13. The molecular formula is C13H17N3OS. The van der Waals surface area contributed by atoms with Gasteiger partial charge >= 0.3 is 0 Å². The molecule has 0 fully saturated rings. The molecule has 0 atom stereocenters. The molecule has 5 heteroatoms. The standard InChI is InChI=1S/C13H17N3OS/c1-4-18-7-12-15-13(17-16-12)11-6-10(14)5-8(2)9(11)3/h5-6H,4,7,14H2,1-3H3. The van der Waals surface area contributed by atoms with Crippen LogP contribution >= 0.6 is 11.8 Å². The molecule has 0 amide bonds. The Labute approximate surface area is 111 Å². The zero-order valence-electron chi connectivity index (χ0n) is 10.9. The van der Waals surface area contributed by atoms with Gasteiger partial charge in [0.1, 0.15) is 0 Å². The Balaban J connectivity index is 2.34. The average molecular weight is 263 g/mol. The summed E-state index contributed by atoms with van der Waals surface area (Å²) >= 11 is 1.77. The van der Waals surface area contributed by atoms with Crippen LogP contribution in [0.4, 0.5) is 5.69 Å². The van der Waals surface area contributed by atoms with Crippen LogP contribution < -0.4 is 5.73 Å². The van der Waals surface area contributed by atoms with E-state index in [4.69, 9.17) is 10.3 Å². The number of thioether (sulfide) groups is 1. The second-order valence-electron chi connectivity index (χ2n) is 4.16. The Kier molecular flexibility index (Phi) is 3.91. The Hall–Kier alpha value is -1.49. The summed E-state index contributed by atoms with van der Waals surface area (Å²) in [6.45, 7) is 6.17. The van der Waals surface area contributed by atoms with Crippen LogP contribution in [0.1, 0.15) is 23.9 Å². The largest absolute Gasteiger partial charge is 0.399 e. The van der Waals surface area contributed by atoms with Crippen molar-refractivity contribution in [1.82, 2.24) is 10.1 Å². The van der Waals surface area contributed by atoms with Crippen LogP contribution in [0.2, 0.25) is 0 Å². The highest BCUT2D eigenvalue weighted by molar-refractivity contribution is 7.98. The molecule has 18 heavy (non-hydrogen) atoms. The first-order valence-electron chi connectivity index (χ1n) is 5.89. The van der Waals surface area contributed by atoms with Gasteiger partial charge in [-0.25, -0.2) is 0 Å². The van der Waals surface area contributed by atoms with Gasteiger partial charge in [0.2, 0.25) is 0 Å². The molecular weight excluding hydrogens is 246 g/mol. The SMILES string of the molecule is CCSCc1noc(-c2cc(N)cc(C)c2C)n1. The van der Waals surface area contributed by atoms with Gasteiger partial charge in [-0.1, -0.05) is 12.1 Å². The number of nitrogen functional groups attached to an aromatic ring is 1. The average Bonchev–Trinajstić information content (AvgIpc) is 2.79. The summed E-state index contributed by atoms with van der Waals surface area (Å²) in [6.07, 6.45) is 0. The highest BCUT2D eigenvalue weighted by atomic mass is 32.2. The van der Waals surface area contributed by atoms with Crippen molar-refractivity contribution in [2.24, 2.45) is 0 Å². The van der Waals surface area contributed by atoms with Crippen molar-refractivity contribution in [1.29, 1.82) is 0 Å². The first kappa shape index (κ1) is 13.0. The van der Waals surface area contributed by atoms with Crippen molar-refractivity contribution < 1.29 is 4.52 Å². The molecule has 4 nitrogen and oxygen atoms in total. The Morgan fingerprint density at radius 2 is 2.11 bits per heavy atom. The number of aromatic nitrogens is 2. The monoisotopic (exact) mass is 263 g/mol. The molecule has 2 N–H and O–H groups in total. The number of anilines is 1. The van der Waals surface area contributed by atoms with E-state index >= 15 is 0 Å². The summed E-state index contributed by atoms with van der Waals surface area (Å²) in [4.78, 5) is 4.41. The lowest BCUT2D eigenvalue weighted by Gasteiger charge is -2.06. The van der Waals surface area contributed by atoms with Crippen LogP contribution in [0.3, 0.4) is 0 Å². The molecule has 0 saturated carbocycles. The van der Waals surface area contributed by atoms with E-state index in [1.807, 2.05) is 26.0 Å². The van der Waals surface area contributed by atoms with E-state index in [0.717, 1.165) is 39.7 Å². The molecule has 0 unspecified atom stereocenters. The van der Waals surface area contributed by atoms with Gasteiger partial charge in [0, 0.05) is 11.3 Å². The van der Waals surface area contributed by atoms with Crippen molar-refractivity contribution in [2.75, 3.05) is 11.5 Å². The van der Waals surface area contributed by atoms with E-state index < -0.39 is 0 Å². The number of aryl methyl sites for hydroxylation is 1. The third-order valence-corrected chi connectivity index (χ3v) is 3.69. The van der Waals surface area contributed by atoms with E-state index in [-0.39, 0.29) is 0 Å². The molecule has 1 heterocycles. The maximum Gasteiger partial charge on any atom is 0.258 e. The van der Waals surface area contributed by atoms with Crippen molar-refractivity contribution in [3.8, 4) is 11.5 Å². The minimum Gasteiger partial charge on any atom is -0.399 e. The third kappa shape index (κ3) is 2.67. The molecule has 2 rings (SSSR count). The first-order chi connectivity index (χ1) is 8.61. The number of hydrogen-bond donors (Lipinski definition) is 1. The highest BCUT2D eigenvalue weighted by Crippen LogP contribution is 2.27. The fourth-order valence-electron chi connectivity index (χ4n) is 1.72. The minimum absolute atomic E-state index is 0.551. The van der Waals surface area contributed by atoms with Crippen molar-refractivity contribution in [3.05, 3.63) is 29.1 Å². The summed E-state index contributed by atoms with van der Waals surface area (Å²) in [5.74, 6) is 3.10. The third-order valence-electron chi connectivity index (χ3n) is 2.82. The molecule has 0 aliphatic heterocycles. The lowest BCUT2D eigenvalue weighted by Crippen LogP contribution is -1.93. The van der Waals surface area contributed by atoms with Crippen molar-refractivity contribution >= 4 is 17.4 Å². The predicted molar refractivity (Wildman–Crippen MR) is 75.5 cm³/mol. The van der Waals surface area contributed by atoms with E-state index in [0.29, 0.717) is 5.89 Å². The van der Waals surface area contributed by atoms with Gasteiger partial charge in [-0.15, -0.1) is 0 Å². The van der Waals surface area contributed by atoms with Crippen LogP contribution in [-0.2, 0) is 5.75 Å². The number of nitrogens with two attached hydrogens (primary N) is 1. The number of rotatable bonds is 4. The lowest BCUT2D eigenvalue weighted by atomic mass is 10.0. The van der Waals surface area contributed by atoms with Gasteiger partial charge in [0.05, 0.1) is 5.75 Å². The number of nitrogens with zero attached hydrogens (tertiary/aromatic N) is 2. The topological polar surface area (TPSA) is 64.9 Å². The Morgan fingerprint density at radius 3 is 2.83 bits per heavy atom. The molecule has 0 aliphatic carbocycles. The van der Waals surface area contributed by atoms with Gasteiger partial charge in [-0.05, 0) is 42.9 Å². The second-order valence-corrected chi connectivity index (χ2v) is 5.44.